The lowest BCUT2D eigenvalue weighted by molar-refractivity contribution is -0.384. The summed E-state index contributed by atoms with van der Waals surface area (Å²) >= 11 is 5.99. The van der Waals surface area contributed by atoms with Gasteiger partial charge in [0.15, 0.2) is 0 Å². The van der Waals surface area contributed by atoms with Gasteiger partial charge in [-0.1, -0.05) is 17.7 Å². The first-order valence-electron chi connectivity index (χ1n) is 7.64. The fourth-order valence-corrected chi connectivity index (χ4v) is 2.93. The highest BCUT2D eigenvalue weighted by atomic mass is 35.5. The SMILES string of the molecule is Cc1cc2cc(CNC(=O)c3cc([N+](=O)[O-])ccc3Cl)ccc2n1C. The van der Waals surface area contributed by atoms with E-state index in [0.29, 0.717) is 6.54 Å². The molecule has 0 spiro atoms. The number of nitrogens with one attached hydrogen (secondary N) is 1. The van der Waals surface area contributed by atoms with Gasteiger partial charge >= 0.3 is 0 Å². The standard InChI is InChI=1S/C18H16ClN3O3/c1-11-7-13-8-12(3-6-17(13)21(11)2)10-20-18(23)15-9-14(22(24)25)4-5-16(15)19/h3-9H,10H2,1-2H3,(H,20,23). The Morgan fingerprint density at radius 1 is 1.24 bits per heavy atom. The molecule has 1 heterocycles. The molecule has 128 valence electrons. The third kappa shape index (κ3) is 3.34. The van der Waals surface area contributed by atoms with Crippen LogP contribution in [0.25, 0.3) is 10.9 Å². The fourth-order valence-electron chi connectivity index (χ4n) is 2.73. The van der Waals surface area contributed by atoms with Gasteiger partial charge in [-0.3, -0.25) is 14.9 Å². The molecule has 0 atom stereocenters. The Kier molecular flexibility index (Phi) is 4.46. The number of carbonyl (C=O) groups excluding carboxylic acids is 1. The lowest BCUT2D eigenvalue weighted by Gasteiger charge is -2.07. The average Bonchev–Trinajstić information content (AvgIpc) is 2.86. The van der Waals surface area contributed by atoms with Crippen molar-refractivity contribution in [1.29, 1.82) is 0 Å². The van der Waals surface area contributed by atoms with Crippen LogP contribution in [-0.2, 0) is 13.6 Å². The van der Waals surface area contributed by atoms with Gasteiger partial charge in [0.25, 0.3) is 11.6 Å². The third-order valence-corrected chi connectivity index (χ3v) is 4.53. The van der Waals surface area contributed by atoms with E-state index in [1.54, 1.807) is 0 Å². The van der Waals surface area contributed by atoms with Crippen molar-refractivity contribution < 1.29 is 9.72 Å². The van der Waals surface area contributed by atoms with Crippen LogP contribution < -0.4 is 5.32 Å². The zero-order chi connectivity index (χ0) is 18.1. The number of aromatic nitrogens is 1. The zero-order valence-corrected chi connectivity index (χ0v) is 14.5. The molecule has 1 aromatic heterocycles. The van der Waals surface area contributed by atoms with Crippen LogP contribution in [-0.4, -0.2) is 15.4 Å². The van der Waals surface area contributed by atoms with E-state index < -0.39 is 10.8 Å². The van der Waals surface area contributed by atoms with Gasteiger partial charge in [-0.05, 0) is 36.8 Å². The lowest BCUT2D eigenvalue weighted by Crippen LogP contribution is -2.23. The molecule has 25 heavy (non-hydrogen) atoms. The Balaban J connectivity index is 1.78. The van der Waals surface area contributed by atoms with Crippen molar-refractivity contribution >= 4 is 34.1 Å². The number of carbonyl (C=O) groups is 1. The number of fused-ring (bicyclic) bond motifs is 1. The normalized spacial score (nSPS) is 10.8. The van der Waals surface area contributed by atoms with Gasteiger partial charge in [0.2, 0.25) is 0 Å². The van der Waals surface area contributed by atoms with Gasteiger partial charge in [-0.25, -0.2) is 0 Å². The molecule has 0 fully saturated rings. The van der Waals surface area contributed by atoms with Crippen LogP contribution in [0.5, 0.6) is 0 Å². The number of nitro benzene ring substituents is 1. The lowest BCUT2D eigenvalue weighted by atomic mass is 10.1. The number of hydrogen-bond donors (Lipinski definition) is 1. The Hall–Kier alpha value is -2.86. The van der Waals surface area contributed by atoms with Crippen LogP contribution in [0.4, 0.5) is 5.69 Å². The van der Waals surface area contributed by atoms with Gasteiger partial charge in [0.1, 0.15) is 0 Å². The van der Waals surface area contributed by atoms with Crippen LogP contribution in [0.1, 0.15) is 21.6 Å². The third-order valence-electron chi connectivity index (χ3n) is 4.21. The van der Waals surface area contributed by atoms with Gasteiger partial charge in [0, 0.05) is 42.3 Å². The molecule has 6 nitrogen and oxygen atoms in total. The number of hydrogen-bond acceptors (Lipinski definition) is 3. The van der Waals surface area contributed by atoms with E-state index in [4.69, 9.17) is 11.6 Å². The summed E-state index contributed by atoms with van der Waals surface area (Å²) in [6.45, 7) is 2.34. The van der Waals surface area contributed by atoms with Gasteiger partial charge < -0.3 is 9.88 Å². The second-order valence-electron chi connectivity index (χ2n) is 5.84. The predicted molar refractivity (Wildman–Crippen MR) is 96.9 cm³/mol. The number of halogens is 1. The molecule has 0 aliphatic carbocycles. The highest BCUT2D eigenvalue weighted by molar-refractivity contribution is 6.33. The zero-order valence-electron chi connectivity index (χ0n) is 13.7. The maximum Gasteiger partial charge on any atom is 0.270 e. The van der Waals surface area contributed by atoms with Crippen molar-refractivity contribution in [3.63, 3.8) is 0 Å². The largest absolute Gasteiger partial charge is 0.348 e. The molecule has 0 saturated carbocycles. The topological polar surface area (TPSA) is 77.2 Å². The minimum Gasteiger partial charge on any atom is -0.348 e. The first kappa shape index (κ1) is 17.0. The second kappa shape index (κ2) is 6.57. The maximum absolute atomic E-state index is 12.3. The number of rotatable bonds is 4. The van der Waals surface area contributed by atoms with Gasteiger partial charge in [-0.15, -0.1) is 0 Å². The van der Waals surface area contributed by atoms with Crippen molar-refractivity contribution in [1.82, 2.24) is 9.88 Å². The number of aryl methyl sites for hydroxylation is 2. The van der Waals surface area contributed by atoms with Crippen molar-refractivity contribution in [2.75, 3.05) is 0 Å². The smallest absolute Gasteiger partial charge is 0.270 e. The summed E-state index contributed by atoms with van der Waals surface area (Å²) in [7, 11) is 2.00. The quantitative estimate of drug-likeness (QED) is 0.566. The van der Waals surface area contributed by atoms with E-state index in [1.165, 1.54) is 18.2 Å². The summed E-state index contributed by atoms with van der Waals surface area (Å²) in [6.07, 6.45) is 0. The molecule has 0 aliphatic rings. The Bertz CT molecular complexity index is 995. The molecule has 3 rings (SSSR count). The number of nitrogens with zero attached hydrogens (tertiary/aromatic N) is 2. The van der Waals surface area contributed by atoms with Crippen molar-refractivity contribution in [3.8, 4) is 0 Å². The monoisotopic (exact) mass is 357 g/mol. The van der Waals surface area contributed by atoms with E-state index in [2.05, 4.69) is 16.0 Å². The molecule has 7 heteroatoms. The van der Waals surface area contributed by atoms with Crippen LogP contribution >= 0.6 is 11.6 Å². The number of nitro groups is 1. The number of benzene rings is 2. The van der Waals surface area contributed by atoms with E-state index in [-0.39, 0.29) is 16.3 Å². The van der Waals surface area contributed by atoms with E-state index in [1.807, 2.05) is 32.2 Å². The first-order chi connectivity index (χ1) is 11.9. The van der Waals surface area contributed by atoms with E-state index >= 15 is 0 Å². The van der Waals surface area contributed by atoms with Crippen molar-refractivity contribution in [2.24, 2.45) is 7.05 Å². The van der Waals surface area contributed by atoms with Crippen LogP contribution in [0, 0.1) is 17.0 Å². The molecule has 2 aromatic carbocycles. The van der Waals surface area contributed by atoms with Gasteiger partial charge in [-0.2, -0.15) is 0 Å². The molecule has 3 aromatic rings. The van der Waals surface area contributed by atoms with Crippen LogP contribution in [0.2, 0.25) is 5.02 Å². The highest BCUT2D eigenvalue weighted by Gasteiger charge is 2.15. The number of non-ortho nitro benzene ring substituents is 1. The fraction of sp³-hybridized carbons (Fsp3) is 0.167. The molecule has 0 aliphatic heterocycles. The average molecular weight is 358 g/mol. The Morgan fingerprint density at radius 3 is 2.72 bits per heavy atom. The first-order valence-corrected chi connectivity index (χ1v) is 8.01. The minimum atomic E-state index is -0.557. The maximum atomic E-state index is 12.3. The molecular weight excluding hydrogens is 342 g/mol. The summed E-state index contributed by atoms with van der Waals surface area (Å²) in [6, 6.07) is 11.8. The minimum absolute atomic E-state index is 0.0903. The summed E-state index contributed by atoms with van der Waals surface area (Å²) in [5, 5.41) is 14.9. The van der Waals surface area contributed by atoms with Gasteiger partial charge in [0.05, 0.1) is 15.5 Å². The molecule has 0 radical (unpaired) electrons. The summed E-state index contributed by atoms with van der Waals surface area (Å²) in [4.78, 5) is 22.6. The molecule has 1 N–H and O–H groups in total. The summed E-state index contributed by atoms with van der Waals surface area (Å²) in [5.74, 6) is -0.446. The Labute approximate surface area is 149 Å². The van der Waals surface area contributed by atoms with Crippen LogP contribution in [0.3, 0.4) is 0 Å². The van der Waals surface area contributed by atoms with Crippen molar-refractivity contribution in [3.05, 3.63) is 74.4 Å². The Morgan fingerprint density at radius 2 is 2.00 bits per heavy atom. The molecule has 1 amide bonds. The summed E-state index contributed by atoms with van der Waals surface area (Å²) < 4.78 is 2.10. The summed E-state index contributed by atoms with van der Waals surface area (Å²) in [5.41, 5.74) is 3.13. The highest BCUT2D eigenvalue weighted by Crippen LogP contribution is 2.23. The number of amides is 1. The second-order valence-corrected chi connectivity index (χ2v) is 6.25. The molecular formula is C18H16ClN3O3. The van der Waals surface area contributed by atoms with Crippen LogP contribution in [0.15, 0.2) is 42.5 Å². The van der Waals surface area contributed by atoms with E-state index in [9.17, 15) is 14.9 Å². The molecule has 0 bridgehead atoms. The molecule has 0 saturated heterocycles. The predicted octanol–water partition coefficient (Wildman–Crippen LogP) is 3.98. The molecule has 0 unspecified atom stereocenters. The van der Waals surface area contributed by atoms with E-state index in [0.717, 1.165) is 22.2 Å². The van der Waals surface area contributed by atoms with Crippen molar-refractivity contribution in [2.45, 2.75) is 13.5 Å².